The van der Waals surface area contributed by atoms with E-state index < -0.39 is 0 Å². The van der Waals surface area contributed by atoms with Crippen LogP contribution in [0.5, 0.6) is 0 Å². The molecule has 2 nitrogen and oxygen atoms in total. The molecule has 0 spiro atoms. The first-order valence-corrected chi connectivity index (χ1v) is 7.91. The van der Waals surface area contributed by atoms with Gasteiger partial charge in [-0.1, -0.05) is 36.7 Å². The van der Waals surface area contributed by atoms with E-state index in [0.29, 0.717) is 5.41 Å². The summed E-state index contributed by atoms with van der Waals surface area (Å²) in [6, 6.07) is 6.21. The average molecular weight is 325 g/mol. The molecule has 3 heteroatoms. The van der Waals surface area contributed by atoms with Gasteiger partial charge in [-0.15, -0.1) is 0 Å². The van der Waals surface area contributed by atoms with E-state index in [9.17, 15) is 0 Å². The molecule has 0 atom stereocenters. The summed E-state index contributed by atoms with van der Waals surface area (Å²) >= 11 is 3.51. The topological polar surface area (TPSA) is 29.3 Å². The molecule has 0 saturated carbocycles. The van der Waals surface area contributed by atoms with Crippen LogP contribution in [-0.4, -0.2) is 18.0 Å². The number of benzene rings is 1. The molecular weight excluding hydrogens is 300 g/mol. The first kappa shape index (κ1) is 14.9. The van der Waals surface area contributed by atoms with E-state index >= 15 is 0 Å². The van der Waals surface area contributed by atoms with Crippen LogP contribution in [-0.2, 0) is 6.54 Å². The Balaban J connectivity index is 1.92. The van der Waals surface area contributed by atoms with Crippen molar-refractivity contribution in [2.45, 2.75) is 40.2 Å². The molecule has 106 valence electrons. The van der Waals surface area contributed by atoms with Gasteiger partial charge in [-0.05, 0) is 61.0 Å². The van der Waals surface area contributed by atoms with Gasteiger partial charge in [-0.2, -0.15) is 0 Å². The summed E-state index contributed by atoms with van der Waals surface area (Å²) in [7, 11) is 0. The molecule has 1 heterocycles. The summed E-state index contributed by atoms with van der Waals surface area (Å²) in [5.41, 5.74) is 8.49. The second-order valence-electron chi connectivity index (χ2n) is 6.81. The number of likely N-dealkylation sites (tertiary alicyclic amines) is 1. The number of piperidine rings is 1. The normalized spacial score (nSPS) is 18.7. The first-order valence-electron chi connectivity index (χ1n) is 7.12. The maximum atomic E-state index is 5.90. The van der Waals surface area contributed by atoms with Gasteiger partial charge in [0.2, 0.25) is 0 Å². The molecule has 1 fully saturated rings. The van der Waals surface area contributed by atoms with E-state index in [1.165, 1.54) is 31.5 Å². The zero-order chi connectivity index (χ0) is 14.0. The fraction of sp³-hybridized carbons (Fsp3) is 0.625. The van der Waals surface area contributed by atoms with Gasteiger partial charge in [0.25, 0.3) is 0 Å². The largest absolute Gasteiger partial charge is 0.399 e. The second-order valence-corrected chi connectivity index (χ2v) is 7.72. The number of halogens is 1. The van der Waals surface area contributed by atoms with Crippen molar-refractivity contribution in [2.75, 3.05) is 18.8 Å². The molecule has 19 heavy (non-hydrogen) atoms. The van der Waals surface area contributed by atoms with Crippen LogP contribution in [0.25, 0.3) is 0 Å². The molecule has 2 N–H and O–H groups in total. The molecule has 0 aliphatic carbocycles. The number of nitrogens with zero attached hydrogens (tertiary/aromatic N) is 1. The van der Waals surface area contributed by atoms with E-state index in [1.807, 2.05) is 6.07 Å². The summed E-state index contributed by atoms with van der Waals surface area (Å²) in [5.74, 6) is 0.858. The van der Waals surface area contributed by atoms with Crippen LogP contribution >= 0.6 is 15.9 Å². The number of hydrogen-bond donors (Lipinski definition) is 1. The molecule has 1 aromatic carbocycles. The molecule has 0 unspecified atom stereocenters. The Morgan fingerprint density at radius 1 is 1.21 bits per heavy atom. The lowest BCUT2D eigenvalue weighted by atomic mass is 9.75. The Labute approximate surface area is 125 Å². The Morgan fingerprint density at radius 2 is 1.84 bits per heavy atom. The smallest absolute Gasteiger partial charge is 0.0328 e. The zero-order valence-corrected chi connectivity index (χ0v) is 13.8. The van der Waals surface area contributed by atoms with Crippen LogP contribution < -0.4 is 5.73 Å². The molecule has 0 bridgehead atoms. The molecular formula is C16H25BrN2. The van der Waals surface area contributed by atoms with Gasteiger partial charge in [0.15, 0.2) is 0 Å². The molecule has 2 rings (SSSR count). The maximum absolute atomic E-state index is 5.90. The lowest BCUT2D eigenvalue weighted by Gasteiger charge is -2.38. The van der Waals surface area contributed by atoms with Crippen molar-refractivity contribution in [3.05, 3.63) is 28.2 Å². The lowest BCUT2D eigenvalue weighted by Crippen LogP contribution is -2.37. The van der Waals surface area contributed by atoms with E-state index in [2.05, 4.69) is 53.7 Å². The molecule has 0 aromatic heterocycles. The average Bonchev–Trinajstić information content (AvgIpc) is 2.26. The summed E-state index contributed by atoms with van der Waals surface area (Å²) in [6.07, 6.45) is 2.62. The van der Waals surface area contributed by atoms with Crippen LogP contribution in [0.3, 0.4) is 0 Å². The monoisotopic (exact) mass is 324 g/mol. The van der Waals surface area contributed by atoms with Crippen LogP contribution in [0.15, 0.2) is 22.7 Å². The van der Waals surface area contributed by atoms with Crippen LogP contribution in [0.2, 0.25) is 0 Å². The van der Waals surface area contributed by atoms with Crippen molar-refractivity contribution >= 4 is 21.6 Å². The van der Waals surface area contributed by atoms with Gasteiger partial charge in [0.1, 0.15) is 0 Å². The molecule has 1 aliphatic rings. The summed E-state index contributed by atoms with van der Waals surface area (Å²) in [5, 5.41) is 0. The molecule has 1 aromatic rings. The molecule has 1 aliphatic heterocycles. The van der Waals surface area contributed by atoms with E-state index in [-0.39, 0.29) is 0 Å². The van der Waals surface area contributed by atoms with E-state index in [1.54, 1.807) is 0 Å². The van der Waals surface area contributed by atoms with Crippen LogP contribution in [0.4, 0.5) is 5.69 Å². The Hall–Kier alpha value is -0.540. The fourth-order valence-corrected chi connectivity index (χ4v) is 3.54. The predicted octanol–water partition coefficient (Wildman–Crippen LogP) is 4.29. The Bertz CT molecular complexity index is 409. The van der Waals surface area contributed by atoms with Gasteiger partial charge in [-0.25, -0.2) is 0 Å². The quantitative estimate of drug-likeness (QED) is 0.822. The van der Waals surface area contributed by atoms with Gasteiger partial charge in [0, 0.05) is 16.7 Å². The van der Waals surface area contributed by atoms with E-state index in [4.69, 9.17) is 5.73 Å². The highest BCUT2D eigenvalue weighted by Gasteiger charge is 2.28. The van der Waals surface area contributed by atoms with Gasteiger partial charge < -0.3 is 5.73 Å². The minimum absolute atomic E-state index is 0.451. The number of nitrogen functional groups attached to an aromatic ring is 1. The van der Waals surface area contributed by atoms with Crippen molar-refractivity contribution in [1.82, 2.24) is 4.90 Å². The number of nitrogens with two attached hydrogens (primary N) is 1. The van der Waals surface area contributed by atoms with Crippen molar-refractivity contribution in [2.24, 2.45) is 11.3 Å². The Morgan fingerprint density at radius 3 is 2.37 bits per heavy atom. The minimum Gasteiger partial charge on any atom is -0.399 e. The zero-order valence-electron chi connectivity index (χ0n) is 12.2. The third-order valence-corrected chi connectivity index (χ3v) is 4.66. The highest BCUT2D eigenvalue weighted by molar-refractivity contribution is 9.10. The van der Waals surface area contributed by atoms with Gasteiger partial charge in [0.05, 0.1) is 0 Å². The Kier molecular flexibility index (Phi) is 4.57. The van der Waals surface area contributed by atoms with Gasteiger partial charge in [-0.3, -0.25) is 4.90 Å². The number of anilines is 1. The highest BCUT2D eigenvalue weighted by Crippen LogP contribution is 2.34. The third kappa shape index (κ3) is 4.22. The van der Waals surface area contributed by atoms with Crippen molar-refractivity contribution in [3.8, 4) is 0 Å². The number of rotatable bonds is 2. The highest BCUT2D eigenvalue weighted by atomic mass is 79.9. The SMILES string of the molecule is CC(C)(C)C1CCN(Cc2cc(N)cc(Br)c2)CC1. The lowest BCUT2D eigenvalue weighted by molar-refractivity contribution is 0.108. The third-order valence-electron chi connectivity index (χ3n) is 4.20. The van der Waals surface area contributed by atoms with Crippen molar-refractivity contribution in [3.63, 3.8) is 0 Å². The standard InChI is InChI=1S/C16H25BrN2/c1-16(2,3)13-4-6-19(7-5-13)11-12-8-14(17)10-15(18)9-12/h8-10,13H,4-7,11,18H2,1-3H3. The minimum atomic E-state index is 0.451. The second kappa shape index (κ2) is 5.84. The van der Waals surface area contributed by atoms with Crippen LogP contribution in [0, 0.1) is 11.3 Å². The summed E-state index contributed by atoms with van der Waals surface area (Å²) in [6.45, 7) is 10.5. The van der Waals surface area contributed by atoms with Crippen molar-refractivity contribution in [1.29, 1.82) is 0 Å². The summed E-state index contributed by atoms with van der Waals surface area (Å²) < 4.78 is 1.08. The molecule has 1 saturated heterocycles. The van der Waals surface area contributed by atoms with Crippen LogP contribution in [0.1, 0.15) is 39.2 Å². The number of hydrogen-bond acceptors (Lipinski definition) is 2. The van der Waals surface area contributed by atoms with E-state index in [0.717, 1.165) is 22.6 Å². The van der Waals surface area contributed by atoms with Crippen molar-refractivity contribution < 1.29 is 0 Å². The van der Waals surface area contributed by atoms with Gasteiger partial charge >= 0.3 is 0 Å². The fourth-order valence-electron chi connectivity index (χ4n) is 2.98. The maximum Gasteiger partial charge on any atom is 0.0328 e. The molecule has 0 radical (unpaired) electrons. The summed E-state index contributed by atoms with van der Waals surface area (Å²) in [4.78, 5) is 2.55. The molecule has 0 amide bonds. The first-order chi connectivity index (χ1) is 8.84. The predicted molar refractivity (Wildman–Crippen MR) is 86.0 cm³/mol.